The summed E-state index contributed by atoms with van der Waals surface area (Å²) in [7, 11) is 1.57. The predicted molar refractivity (Wildman–Crippen MR) is 118 cm³/mol. The molecule has 0 N–H and O–H groups in total. The van der Waals surface area contributed by atoms with Gasteiger partial charge in [-0.1, -0.05) is 41.5 Å². The molecule has 1 aromatic heterocycles. The minimum atomic E-state index is -1.23. The molecular weight excluding hydrogens is 390 g/mol. The number of nitrogens with zero attached hydrogens (tertiary/aromatic N) is 1. The number of fused-ring (bicyclic) bond motifs is 1. The van der Waals surface area contributed by atoms with Crippen molar-refractivity contribution < 1.29 is 19.4 Å². The lowest BCUT2D eigenvalue weighted by atomic mass is 10.0. The van der Waals surface area contributed by atoms with E-state index in [1.54, 1.807) is 25.3 Å². The maximum atomic E-state index is 11.7. The molecule has 0 fully saturated rings. The number of pyridine rings is 1. The summed E-state index contributed by atoms with van der Waals surface area (Å²) in [6, 6.07) is 20.6. The number of aryl methyl sites for hydroxylation is 2. The summed E-state index contributed by atoms with van der Waals surface area (Å²) < 4.78 is 11.5. The number of methoxy groups -OCH3 is 1. The average molecular weight is 412 g/mol. The Labute approximate surface area is 180 Å². The number of ether oxygens (including phenoxy) is 2. The molecule has 3 aromatic carbocycles. The predicted octanol–water partition coefficient (Wildman–Crippen LogP) is 4.47. The van der Waals surface area contributed by atoms with Crippen LogP contribution in [-0.4, -0.2) is 18.1 Å². The molecule has 0 aliphatic heterocycles. The zero-order chi connectivity index (χ0) is 22.0. The number of benzene rings is 3. The Balaban J connectivity index is 1.68. The van der Waals surface area contributed by atoms with E-state index in [1.165, 1.54) is 5.56 Å². The Kier molecular flexibility index (Phi) is 5.58. The average Bonchev–Trinajstić information content (AvgIpc) is 2.77. The van der Waals surface area contributed by atoms with Crippen molar-refractivity contribution in [2.24, 2.45) is 0 Å². The molecule has 0 aliphatic carbocycles. The SMILES string of the molecule is COc1cc(-c2cc(C(=O)[O-])c3cc(C)ccc3n2)ccc1OCc1ccc(C)cc1. The summed E-state index contributed by atoms with van der Waals surface area (Å²) >= 11 is 0. The molecule has 5 heteroatoms. The van der Waals surface area contributed by atoms with Crippen LogP contribution in [0.25, 0.3) is 22.2 Å². The van der Waals surface area contributed by atoms with Gasteiger partial charge >= 0.3 is 0 Å². The van der Waals surface area contributed by atoms with E-state index in [4.69, 9.17) is 9.47 Å². The fourth-order valence-electron chi connectivity index (χ4n) is 3.45. The van der Waals surface area contributed by atoms with Crippen molar-refractivity contribution in [3.05, 3.63) is 89.0 Å². The van der Waals surface area contributed by atoms with Gasteiger partial charge in [0.1, 0.15) is 6.61 Å². The van der Waals surface area contributed by atoms with Crippen molar-refractivity contribution in [2.75, 3.05) is 7.11 Å². The van der Waals surface area contributed by atoms with Gasteiger partial charge in [-0.15, -0.1) is 0 Å². The Bertz CT molecular complexity index is 1260. The molecule has 4 rings (SSSR count). The van der Waals surface area contributed by atoms with Gasteiger partial charge in [0.25, 0.3) is 0 Å². The van der Waals surface area contributed by atoms with Gasteiger partial charge in [0.15, 0.2) is 11.5 Å². The number of carbonyl (C=O) groups is 1. The fourth-order valence-corrected chi connectivity index (χ4v) is 3.45. The minimum absolute atomic E-state index is 0.113. The van der Waals surface area contributed by atoms with E-state index < -0.39 is 5.97 Å². The molecule has 0 amide bonds. The monoisotopic (exact) mass is 412 g/mol. The van der Waals surface area contributed by atoms with Gasteiger partial charge in [-0.3, -0.25) is 0 Å². The largest absolute Gasteiger partial charge is 0.545 e. The van der Waals surface area contributed by atoms with Crippen LogP contribution in [0, 0.1) is 13.8 Å². The summed E-state index contributed by atoms with van der Waals surface area (Å²) in [4.78, 5) is 16.4. The van der Waals surface area contributed by atoms with E-state index in [2.05, 4.69) is 4.98 Å². The Morgan fingerprint density at radius 2 is 1.65 bits per heavy atom. The maximum absolute atomic E-state index is 11.7. The molecule has 0 atom stereocenters. The van der Waals surface area contributed by atoms with E-state index >= 15 is 0 Å². The topological polar surface area (TPSA) is 71.5 Å². The first-order valence-corrected chi connectivity index (χ1v) is 9.94. The standard InChI is InChI=1S/C26H23NO4/c1-16-4-7-18(8-5-16)15-31-24-11-9-19(13-25(24)30-3)23-14-21(26(28)29)20-12-17(2)6-10-22(20)27-23/h4-14H,15H2,1-3H3,(H,28,29)/p-1. The van der Waals surface area contributed by atoms with Gasteiger partial charge in [-0.25, -0.2) is 4.98 Å². The highest BCUT2D eigenvalue weighted by molar-refractivity contribution is 6.03. The van der Waals surface area contributed by atoms with Crippen molar-refractivity contribution >= 4 is 16.9 Å². The molecular formula is C26H22NO4-. The molecule has 156 valence electrons. The number of aromatic nitrogens is 1. The van der Waals surface area contributed by atoms with Crippen LogP contribution in [0.4, 0.5) is 0 Å². The molecule has 0 saturated heterocycles. The molecule has 5 nitrogen and oxygen atoms in total. The van der Waals surface area contributed by atoms with Crippen molar-refractivity contribution in [1.29, 1.82) is 0 Å². The summed E-state index contributed by atoms with van der Waals surface area (Å²) in [5.41, 5.74) is 5.18. The van der Waals surface area contributed by atoms with Gasteiger partial charge in [-0.05, 0) is 55.8 Å². The van der Waals surface area contributed by atoms with Crippen molar-refractivity contribution in [3.63, 3.8) is 0 Å². The number of carboxylic acid groups (broad SMARTS) is 1. The second-order valence-electron chi connectivity index (χ2n) is 7.50. The zero-order valence-corrected chi connectivity index (χ0v) is 17.6. The van der Waals surface area contributed by atoms with Gasteiger partial charge in [0.05, 0.1) is 24.3 Å². The highest BCUT2D eigenvalue weighted by atomic mass is 16.5. The molecule has 0 aliphatic rings. The van der Waals surface area contributed by atoms with Crippen LogP contribution < -0.4 is 14.6 Å². The fraction of sp³-hybridized carbons (Fsp3) is 0.154. The smallest absolute Gasteiger partial charge is 0.161 e. The van der Waals surface area contributed by atoms with Gasteiger partial charge < -0.3 is 19.4 Å². The zero-order valence-electron chi connectivity index (χ0n) is 17.6. The van der Waals surface area contributed by atoms with Gasteiger partial charge in [0, 0.05) is 16.5 Å². The molecule has 0 unspecified atom stereocenters. The first-order valence-electron chi connectivity index (χ1n) is 9.94. The lowest BCUT2D eigenvalue weighted by molar-refractivity contribution is -0.254. The van der Waals surface area contributed by atoms with Crippen molar-refractivity contribution in [1.82, 2.24) is 4.98 Å². The van der Waals surface area contributed by atoms with Crippen LogP contribution in [0.1, 0.15) is 27.0 Å². The molecule has 0 bridgehead atoms. The summed E-state index contributed by atoms with van der Waals surface area (Å²) in [6.07, 6.45) is 0. The summed E-state index contributed by atoms with van der Waals surface area (Å²) in [5.74, 6) is -0.0851. The number of carboxylic acids is 1. The van der Waals surface area contributed by atoms with Crippen molar-refractivity contribution in [3.8, 4) is 22.8 Å². The van der Waals surface area contributed by atoms with E-state index in [0.717, 1.165) is 16.7 Å². The number of hydrogen-bond acceptors (Lipinski definition) is 5. The highest BCUT2D eigenvalue weighted by Gasteiger charge is 2.12. The number of rotatable bonds is 6. The maximum Gasteiger partial charge on any atom is 0.161 e. The first kappa shape index (κ1) is 20.4. The first-order chi connectivity index (χ1) is 14.9. The van der Waals surface area contributed by atoms with Crippen LogP contribution >= 0.6 is 0 Å². The van der Waals surface area contributed by atoms with E-state index in [1.807, 2.05) is 62.4 Å². The summed E-state index contributed by atoms with van der Waals surface area (Å²) in [6.45, 7) is 4.37. The lowest BCUT2D eigenvalue weighted by Crippen LogP contribution is -2.22. The third-order valence-corrected chi connectivity index (χ3v) is 5.16. The van der Waals surface area contributed by atoms with Crippen LogP contribution in [-0.2, 0) is 6.61 Å². The Morgan fingerprint density at radius 1 is 0.903 bits per heavy atom. The van der Waals surface area contributed by atoms with Gasteiger partial charge in [-0.2, -0.15) is 0 Å². The molecule has 1 heterocycles. The van der Waals surface area contributed by atoms with E-state index in [-0.39, 0.29) is 5.56 Å². The molecule has 0 saturated carbocycles. The summed E-state index contributed by atoms with van der Waals surface area (Å²) in [5, 5.41) is 12.3. The number of hydrogen-bond donors (Lipinski definition) is 0. The molecule has 0 radical (unpaired) electrons. The second kappa shape index (κ2) is 8.48. The van der Waals surface area contributed by atoms with Crippen molar-refractivity contribution in [2.45, 2.75) is 20.5 Å². The van der Waals surface area contributed by atoms with Crippen LogP contribution in [0.2, 0.25) is 0 Å². The van der Waals surface area contributed by atoms with Crippen LogP contribution in [0.3, 0.4) is 0 Å². The normalized spacial score (nSPS) is 10.8. The highest BCUT2D eigenvalue weighted by Crippen LogP contribution is 2.34. The van der Waals surface area contributed by atoms with Crippen LogP contribution in [0.15, 0.2) is 66.7 Å². The minimum Gasteiger partial charge on any atom is -0.545 e. The Morgan fingerprint density at radius 3 is 2.35 bits per heavy atom. The Hall–Kier alpha value is -3.86. The molecule has 31 heavy (non-hydrogen) atoms. The van der Waals surface area contributed by atoms with E-state index in [0.29, 0.717) is 34.7 Å². The third-order valence-electron chi connectivity index (χ3n) is 5.16. The number of aromatic carboxylic acids is 1. The quantitative estimate of drug-likeness (QED) is 0.467. The van der Waals surface area contributed by atoms with Gasteiger partial charge in [0.2, 0.25) is 0 Å². The molecule has 4 aromatic rings. The van der Waals surface area contributed by atoms with Crippen LogP contribution in [0.5, 0.6) is 11.5 Å². The number of carbonyl (C=O) groups excluding carboxylic acids is 1. The molecule has 0 spiro atoms. The second-order valence-corrected chi connectivity index (χ2v) is 7.50. The van der Waals surface area contributed by atoms with E-state index in [9.17, 15) is 9.90 Å². The lowest BCUT2D eigenvalue weighted by Gasteiger charge is -2.14. The third kappa shape index (κ3) is 4.36.